The van der Waals surface area contributed by atoms with E-state index >= 15 is 0 Å². The summed E-state index contributed by atoms with van der Waals surface area (Å²) in [7, 11) is 0. The van der Waals surface area contributed by atoms with Crippen molar-refractivity contribution in [3.05, 3.63) is 182 Å². The van der Waals surface area contributed by atoms with Crippen molar-refractivity contribution < 1.29 is 20.6 Å². The maximum Gasteiger partial charge on any atom is 0.114 e. The Morgan fingerprint density at radius 1 is 0.531 bits per heavy atom. The van der Waals surface area contributed by atoms with Gasteiger partial charge in [-0.1, -0.05) is 152 Å². The number of fused-ring (bicyclic) bond motifs is 3. The average Bonchev–Trinajstić information content (AvgIpc) is 3.69. The monoisotopic (exact) mass is 641 g/mol. The summed E-state index contributed by atoms with van der Waals surface area (Å²) in [6.07, 6.45) is -2.75. The molecule has 0 N–H and O–H groups in total. The third-order valence-electron chi connectivity index (χ3n) is 8.87. The van der Waals surface area contributed by atoms with Gasteiger partial charge in [0.05, 0.1) is 24.7 Å². The molecule has 0 bridgehead atoms. The summed E-state index contributed by atoms with van der Waals surface area (Å²) in [6, 6.07) is 29.6. The Hall–Kier alpha value is -6.25. The Balaban J connectivity index is 1.23. The van der Waals surface area contributed by atoms with Gasteiger partial charge in [0.1, 0.15) is 5.82 Å². The summed E-state index contributed by atoms with van der Waals surface area (Å²) in [5.41, 5.74) is 5.23. The van der Waals surface area contributed by atoms with E-state index in [2.05, 4.69) is 4.98 Å². The van der Waals surface area contributed by atoms with E-state index in [-0.39, 0.29) is 22.5 Å². The fourth-order valence-electron chi connectivity index (χ4n) is 6.69. The lowest BCUT2D eigenvalue weighted by Gasteiger charge is -2.19. The fraction of sp³-hybridized carbons (Fsp3) is 0.0426. The van der Waals surface area contributed by atoms with E-state index < -0.39 is 73.6 Å². The number of nitrogens with zero attached hydrogens (tertiary/aromatic N) is 2. The Morgan fingerprint density at radius 2 is 1.08 bits per heavy atom. The molecular formula is C47H34N2. The molecule has 0 atom stereocenters. The van der Waals surface area contributed by atoms with Crippen LogP contribution in [0.2, 0.25) is 0 Å². The summed E-state index contributed by atoms with van der Waals surface area (Å²) >= 11 is 0. The molecule has 49 heavy (non-hydrogen) atoms. The second-order valence-electron chi connectivity index (χ2n) is 11.6. The van der Waals surface area contributed by atoms with E-state index in [4.69, 9.17) is 20.6 Å². The predicted octanol–water partition coefficient (Wildman–Crippen LogP) is 12.6. The number of benzene rings is 8. The van der Waals surface area contributed by atoms with Gasteiger partial charge in [0, 0.05) is 18.9 Å². The molecular weight excluding hydrogens is 593 g/mol. The van der Waals surface area contributed by atoms with Crippen LogP contribution in [0.1, 0.15) is 33.2 Å². The van der Waals surface area contributed by atoms with Crippen LogP contribution in [0.5, 0.6) is 0 Å². The maximum atomic E-state index is 9.02. The minimum atomic E-state index is -2.97. The summed E-state index contributed by atoms with van der Waals surface area (Å²) in [6.45, 7) is -2.97. The molecule has 0 radical (unpaired) electrons. The molecule has 0 saturated heterocycles. The molecule has 0 aliphatic rings. The van der Waals surface area contributed by atoms with Crippen LogP contribution in [0.3, 0.4) is 0 Å². The minimum absolute atomic E-state index is 0.0406. The third-order valence-corrected chi connectivity index (χ3v) is 8.87. The summed E-state index contributed by atoms with van der Waals surface area (Å²) in [5, 5.41) is 2.33. The van der Waals surface area contributed by atoms with E-state index in [0.717, 1.165) is 22.3 Å². The van der Waals surface area contributed by atoms with E-state index in [1.54, 1.807) is 66.7 Å². The zero-order valence-corrected chi connectivity index (χ0v) is 25.9. The molecule has 2 nitrogen and oxygen atoms in total. The van der Waals surface area contributed by atoms with Crippen molar-refractivity contribution in [2.24, 2.45) is 0 Å². The SMILES string of the molecule is [2H]c1c([2H])c([2H])c(-c2ccc3c(-c4ccc(-c5ccc(-n6c(C([2H])([2H])C([2H])([2H])[2H])nc7ccccc76)cc5)cc4)c4ccccc4c(-c4c([2H])c([2H])c([2H])c([2H])c4[2H])c3c2)c([2H])c1[2H]. The highest BCUT2D eigenvalue weighted by Gasteiger charge is 2.18. The zero-order chi connectivity index (χ0) is 45.7. The number of aryl methyl sites for hydroxylation is 1. The minimum Gasteiger partial charge on any atom is -0.296 e. The second-order valence-corrected chi connectivity index (χ2v) is 11.6. The van der Waals surface area contributed by atoms with Gasteiger partial charge in [-0.05, 0) is 96.4 Å². The molecule has 0 spiro atoms. The molecule has 0 aliphatic heterocycles. The first kappa shape index (κ1) is 17.2. The number of hydrogen-bond acceptors (Lipinski definition) is 1. The molecule has 9 rings (SSSR count). The van der Waals surface area contributed by atoms with E-state index in [1.807, 2.05) is 48.5 Å². The van der Waals surface area contributed by atoms with Crippen molar-refractivity contribution in [3.8, 4) is 50.2 Å². The van der Waals surface area contributed by atoms with Gasteiger partial charge >= 0.3 is 0 Å². The van der Waals surface area contributed by atoms with Gasteiger partial charge in [0.15, 0.2) is 0 Å². The largest absolute Gasteiger partial charge is 0.296 e. The number of hydrogen-bond donors (Lipinski definition) is 0. The van der Waals surface area contributed by atoms with Crippen LogP contribution in [0.25, 0.3) is 82.8 Å². The van der Waals surface area contributed by atoms with Crippen LogP contribution in [-0.4, -0.2) is 9.55 Å². The molecule has 0 aliphatic carbocycles. The van der Waals surface area contributed by atoms with Crippen LogP contribution in [0.15, 0.2) is 176 Å². The molecule has 0 unspecified atom stereocenters. The highest BCUT2D eigenvalue weighted by atomic mass is 15.1. The topological polar surface area (TPSA) is 17.8 Å². The van der Waals surface area contributed by atoms with Gasteiger partial charge < -0.3 is 0 Å². The second kappa shape index (κ2) is 12.1. The normalized spacial score (nSPS) is 16.4. The molecule has 8 aromatic carbocycles. The van der Waals surface area contributed by atoms with Crippen molar-refractivity contribution >= 4 is 32.6 Å². The average molecular weight is 642 g/mol. The van der Waals surface area contributed by atoms with Crippen LogP contribution >= 0.6 is 0 Å². The molecule has 0 saturated carbocycles. The zero-order valence-electron chi connectivity index (χ0n) is 40.9. The van der Waals surface area contributed by atoms with Crippen molar-refractivity contribution in [3.63, 3.8) is 0 Å². The molecule has 2 heteroatoms. The van der Waals surface area contributed by atoms with E-state index in [1.165, 1.54) is 4.57 Å². The molecule has 1 heterocycles. The molecule has 9 aromatic rings. The molecule has 0 fully saturated rings. The fourth-order valence-corrected chi connectivity index (χ4v) is 6.69. The number of imidazole rings is 1. The Labute approximate surface area is 307 Å². The Bertz CT molecular complexity index is 3330. The highest BCUT2D eigenvalue weighted by molar-refractivity contribution is 6.22. The van der Waals surface area contributed by atoms with Crippen molar-refractivity contribution in [2.45, 2.75) is 13.2 Å². The standard InChI is InChI=1S/C47H34N2/c1-2-45-48-43-19-11-12-20-44(43)49(45)38-28-25-34(26-29-38)33-21-23-36(24-22-33)46-39-17-9-10-18-40(39)47(35-15-7-4-8-16-35)42-31-37(27-30-41(42)46)32-13-5-3-6-14-32/h3-31H,2H2,1H3/i1D3,2D2,3D,4D,5D,6D,7D,8D,13D,14D,15D,16D. The molecule has 232 valence electrons. The van der Waals surface area contributed by atoms with Gasteiger partial charge in [-0.25, -0.2) is 4.98 Å². The lowest BCUT2D eigenvalue weighted by atomic mass is 9.84. The summed E-state index contributed by atoms with van der Waals surface area (Å²) < 4.78 is 128. The molecule has 0 amide bonds. The van der Waals surface area contributed by atoms with Crippen molar-refractivity contribution in [2.75, 3.05) is 0 Å². The van der Waals surface area contributed by atoms with E-state index in [9.17, 15) is 0 Å². The first-order valence-corrected chi connectivity index (χ1v) is 15.7. The van der Waals surface area contributed by atoms with Gasteiger partial charge in [-0.15, -0.1) is 0 Å². The van der Waals surface area contributed by atoms with Gasteiger partial charge in [0.2, 0.25) is 0 Å². The van der Waals surface area contributed by atoms with Crippen LogP contribution in [0.4, 0.5) is 0 Å². The summed E-state index contributed by atoms with van der Waals surface area (Å²) in [5.74, 6) is -0.233. The molecule has 1 aromatic heterocycles. The van der Waals surface area contributed by atoms with Crippen LogP contribution in [0, 0.1) is 0 Å². The van der Waals surface area contributed by atoms with Crippen LogP contribution < -0.4 is 0 Å². The van der Waals surface area contributed by atoms with Gasteiger partial charge in [-0.3, -0.25) is 4.57 Å². The predicted molar refractivity (Wildman–Crippen MR) is 207 cm³/mol. The maximum absolute atomic E-state index is 9.02. The van der Waals surface area contributed by atoms with Gasteiger partial charge in [-0.2, -0.15) is 0 Å². The van der Waals surface area contributed by atoms with E-state index in [0.29, 0.717) is 43.8 Å². The number of rotatable bonds is 6. The first-order valence-electron chi connectivity index (χ1n) is 23.2. The Morgan fingerprint density at radius 3 is 1.78 bits per heavy atom. The third kappa shape index (κ3) is 5.01. The number of aromatic nitrogens is 2. The van der Waals surface area contributed by atoms with Crippen LogP contribution in [-0.2, 0) is 6.37 Å². The Kier molecular flexibility index (Phi) is 4.25. The number of para-hydroxylation sites is 2. The summed E-state index contributed by atoms with van der Waals surface area (Å²) in [4.78, 5) is 4.42. The quantitative estimate of drug-likeness (QED) is 0.165. The van der Waals surface area contributed by atoms with Crippen molar-refractivity contribution in [1.82, 2.24) is 9.55 Å². The lowest BCUT2D eigenvalue weighted by Crippen LogP contribution is -1.99. The highest BCUT2D eigenvalue weighted by Crippen LogP contribution is 2.45. The van der Waals surface area contributed by atoms with Gasteiger partial charge in [0.25, 0.3) is 0 Å². The smallest absolute Gasteiger partial charge is 0.114 e. The van der Waals surface area contributed by atoms with Crippen molar-refractivity contribution in [1.29, 1.82) is 0 Å². The lowest BCUT2D eigenvalue weighted by molar-refractivity contribution is 0.908. The first-order chi connectivity index (χ1) is 30.3.